The molecule has 2 rings (SSSR count). The molecule has 0 spiro atoms. The van der Waals surface area contributed by atoms with Crippen LogP contribution in [0.5, 0.6) is 0 Å². The van der Waals surface area contributed by atoms with Crippen molar-refractivity contribution in [2.24, 2.45) is 0 Å². The molecule has 0 heterocycles. The molecular weight excluding hydrogens is 300 g/mol. The standard InChI is InChI=1S/C9H11NOS.C7H9NS/c1-12-7-9(11)10-8-5-3-2-4-6-8;1-9-7-5-3-2-4-6(7)8/h2-6H,7H2,1H3,(H,10,11);2-5H,8H2,1H3. The fraction of sp³-hybridized carbons (Fsp3) is 0.188. The van der Waals surface area contributed by atoms with Crippen LogP contribution in [-0.2, 0) is 4.79 Å². The number of carbonyl (C=O) groups is 1. The van der Waals surface area contributed by atoms with Crippen molar-refractivity contribution in [1.82, 2.24) is 0 Å². The van der Waals surface area contributed by atoms with Gasteiger partial charge in [0, 0.05) is 16.3 Å². The van der Waals surface area contributed by atoms with Gasteiger partial charge in [0.15, 0.2) is 0 Å². The third kappa shape index (κ3) is 7.11. The predicted octanol–water partition coefficient (Wildman–Crippen LogP) is 3.98. The van der Waals surface area contributed by atoms with Gasteiger partial charge >= 0.3 is 0 Å². The van der Waals surface area contributed by atoms with Crippen LogP contribution in [0.2, 0.25) is 0 Å². The molecule has 1 amide bonds. The Morgan fingerprint density at radius 1 is 1.05 bits per heavy atom. The van der Waals surface area contributed by atoms with Gasteiger partial charge in [-0.25, -0.2) is 0 Å². The lowest BCUT2D eigenvalue weighted by Gasteiger charge is -2.02. The Balaban J connectivity index is 0.000000219. The zero-order valence-electron chi connectivity index (χ0n) is 12.2. The highest BCUT2D eigenvalue weighted by molar-refractivity contribution is 7.99. The van der Waals surface area contributed by atoms with Gasteiger partial charge in [0.05, 0.1) is 5.75 Å². The van der Waals surface area contributed by atoms with Crippen molar-refractivity contribution in [2.45, 2.75) is 4.90 Å². The van der Waals surface area contributed by atoms with Gasteiger partial charge in [-0.05, 0) is 36.8 Å². The number of hydrogen-bond acceptors (Lipinski definition) is 4. The first-order valence-electron chi connectivity index (χ1n) is 6.39. The molecule has 0 atom stereocenters. The summed E-state index contributed by atoms with van der Waals surface area (Å²) < 4.78 is 0. The molecule has 112 valence electrons. The Morgan fingerprint density at radius 3 is 2.19 bits per heavy atom. The Kier molecular flexibility index (Phi) is 8.47. The summed E-state index contributed by atoms with van der Waals surface area (Å²) in [5.41, 5.74) is 7.33. The van der Waals surface area contributed by atoms with E-state index in [9.17, 15) is 4.79 Å². The Morgan fingerprint density at radius 2 is 1.67 bits per heavy atom. The average molecular weight is 320 g/mol. The number of nitrogens with two attached hydrogens (primary N) is 1. The number of hydrogen-bond donors (Lipinski definition) is 2. The molecule has 5 heteroatoms. The lowest BCUT2D eigenvalue weighted by atomic mass is 10.3. The van der Waals surface area contributed by atoms with Crippen molar-refractivity contribution in [1.29, 1.82) is 0 Å². The fourth-order valence-corrected chi connectivity index (χ4v) is 2.37. The van der Waals surface area contributed by atoms with Crippen LogP contribution in [0.25, 0.3) is 0 Å². The summed E-state index contributed by atoms with van der Waals surface area (Å²) in [4.78, 5) is 12.2. The van der Waals surface area contributed by atoms with Gasteiger partial charge in [0.25, 0.3) is 0 Å². The highest BCUT2D eigenvalue weighted by Gasteiger charge is 1.98. The van der Waals surface area contributed by atoms with Gasteiger partial charge < -0.3 is 11.1 Å². The maximum Gasteiger partial charge on any atom is 0.234 e. The molecule has 0 saturated carbocycles. The Bertz CT molecular complexity index is 547. The number of nitrogens with one attached hydrogen (secondary N) is 1. The van der Waals surface area contributed by atoms with Gasteiger partial charge in [-0.3, -0.25) is 4.79 Å². The van der Waals surface area contributed by atoms with Crippen LogP contribution >= 0.6 is 23.5 Å². The van der Waals surface area contributed by atoms with Crippen LogP contribution in [0.3, 0.4) is 0 Å². The van der Waals surface area contributed by atoms with E-state index in [2.05, 4.69) is 5.32 Å². The van der Waals surface area contributed by atoms with Crippen LogP contribution in [0.15, 0.2) is 59.5 Å². The van der Waals surface area contributed by atoms with E-state index in [0.717, 1.165) is 16.3 Å². The summed E-state index contributed by atoms with van der Waals surface area (Å²) >= 11 is 3.19. The predicted molar refractivity (Wildman–Crippen MR) is 96.1 cm³/mol. The molecule has 0 radical (unpaired) electrons. The van der Waals surface area contributed by atoms with Crippen molar-refractivity contribution in [2.75, 3.05) is 29.3 Å². The fourth-order valence-electron chi connectivity index (χ4n) is 1.52. The first-order chi connectivity index (χ1) is 10.2. The van der Waals surface area contributed by atoms with E-state index in [1.165, 1.54) is 11.8 Å². The SMILES string of the molecule is CSCC(=O)Nc1ccccc1.CSc1ccccc1N. The zero-order chi connectivity index (χ0) is 15.5. The van der Waals surface area contributed by atoms with E-state index >= 15 is 0 Å². The number of amides is 1. The van der Waals surface area contributed by atoms with Crippen LogP contribution in [-0.4, -0.2) is 24.2 Å². The monoisotopic (exact) mass is 320 g/mol. The van der Waals surface area contributed by atoms with Crippen molar-refractivity contribution in [3.8, 4) is 0 Å². The van der Waals surface area contributed by atoms with Gasteiger partial charge in [0.2, 0.25) is 5.91 Å². The Labute approximate surface area is 134 Å². The van der Waals surface area contributed by atoms with Crippen LogP contribution in [0.4, 0.5) is 11.4 Å². The second kappa shape index (κ2) is 10.2. The molecule has 0 unspecified atom stereocenters. The Hall–Kier alpha value is -1.59. The number of rotatable bonds is 4. The lowest BCUT2D eigenvalue weighted by molar-refractivity contribution is -0.113. The maximum atomic E-state index is 11.1. The lowest BCUT2D eigenvalue weighted by Crippen LogP contribution is -2.13. The van der Waals surface area contributed by atoms with E-state index < -0.39 is 0 Å². The molecule has 3 N–H and O–H groups in total. The van der Waals surface area contributed by atoms with Gasteiger partial charge in [-0.2, -0.15) is 11.8 Å². The number of anilines is 2. The van der Waals surface area contributed by atoms with E-state index in [-0.39, 0.29) is 5.91 Å². The first-order valence-corrected chi connectivity index (χ1v) is 9.01. The molecule has 2 aromatic rings. The molecular formula is C16H20N2OS2. The minimum Gasteiger partial charge on any atom is -0.398 e. The van der Waals surface area contributed by atoms with Gasteiger partial charge in [-0.15, -0.1) is 11.8 Å². The number of para-hydroxylation sites is 2. The van der Waals surface area contributed by atoms with E-state index in [1.807, 2.05) is 67.1 Å². The third-order valence-corrected chi connectivity index (χ3v) is 3.83. The van der Waals surface area contributed by atoms with Crippen molar-refractivity contribution >= 4 is 40.8 Å². The minimum atomic E-state index is 0.0497. The summed E-state index contributed by atoms with van der Waals surface area (Å²) in [6.45, 7) is 0. The van der Waals surface area contributed by atoms with E-state index in [1.54, 1.807) is 11.8 Å². The molecule has 0 aliphatic heterocycles. The third-order valence-electron chi connectivity index (χ3n) is 2.47. The zero-order valence-corrected chi connectivity index (χ0v) is 13.8. The molecule has 0 bridgehead atoms. The van der Waals surface area contributed by atoms with E-state index in [0.29, 0.717) is 5.75 Å². The normalized spacial score (nSPS) is 9.43. The van der Waals surface area contributed by atoms with Crippen molar-refractivity contribution in [3.05, 3.63) is 54.6 Å². The molecule has 0 fully saturated rings. The summed E-state index contributed by atoms with van der Waals surface area (Å²) in [6, 6.07) is 17.3. The first kappa shape index (κ1) is 17.5. The van der Waals surface area contributed by atoms with Crippen LogP contribution in [0, 0.1) is 0 Å². The number of carbonyl (C=O) groups excluding carboxylic acids is 1. The van der Waals surface area contributed by atoms with Crippen LogP contribution in [0.1, 0.15) is 0 Å². The topological polar surface area (TPSA) is 55.1 Å². The molecule has 0 aromatic heterocycles. The number of thioether (sulfide) groups is 2. The quantitative estimate of drug-likeness (QED) is 0.661. The van der Waals surface area contributed by atoms with Gasteiger partial charge in [-0.1, -0.05) is 30.3 Å². The minimum absolute atomic E-state index is 0.0497. The largest absolute Gasteiger partial charge is 0.398 e. The molecule has 2 aromatic carbocycles. The number of nitrogen functional groups attached to an aromatic ring is 1. The summed E-state index contributed by atoms with van der Waals surface area (Å²) in [5.74, 6) is 0.559. The second-order valence-corrected chi connectivity index (χ2v) is 5.80. The average Bonchev–Trinajstić information content (AvgIpc) is 2.50. The van der Waals surface area contributed by atoms with Crippen molar-refractivity contribution < 1.29 is 4.79 Å². The summed E-state index contributed by atoms with van der Waals surface area (Å²) in [5, 5.41) is 2.78. The molecule has 0 aliphatic rings. The van der Waals surface area contributed by atoms with Crippen LogP contribution < -0.4 is 11.1 Å². The number of benzene rings is 2. The van der Waals surface area contributed by atoms with Crippen molar-refractivity contribution in [3.63, 3.8) is 0 Å². The highest BCUT2D eigenvalue weighted by atomic mass is 32.2. The smallest absolute Gasteiger partial charge is 0.234 e. The van der Waals surface area contributed by atoms with Gasteiger partial charge in [0.1, 0.15) is 0 Å². The molecule has 0 saturated heterocycles. The second-order valence-electron chi connectivity index (χ2n) is 4.09. The van der Waals surface area contributed by atoms with E-state index in [4.69, 9.17) is 5.73 Å². The summed E-state index contributed by atoms with van der Waals surface area (Å²) in [6.07, 6.45) is 3.93. The molecule has 0 aliphatic carbocycles. The summed E-state index contributed by atoms with van der Waals surface area (Å²) in [7, 11) is 0. The highest BCUT2D eigenvalue weighted by Crippen LogP contribution is 2.20. The molecule has 3 nitrogen and oxygen atoms in total. The maximum absolute atomic E-state index is 11.1. The molecule has 21 heavy (non-hydrogen) atoms.